The van der Waals surface area contributed by atoms with E-state index in [2.05, 4.69) is 31.5 Å². The first-order valence-corrected chi connectivity index (χ1v) is 13.4. The first kappa shape index (κ1) is 34.1. The number of primary amides is 1. The second-order valence-electron chi connectivity index (χ2n) is 9.91. The Balaban J connectivity index is 1.80. The van der Waals surface area contributed by atoms with E-state index in [0.717, 1.165) is 36.4 Å². The third kappa shape index (κ3) is 9.29. The number of nitrogens with zero attached hydrogens (tertiary/aromatic N) is 1. The van der Waals surface area contributed by atoms with Crippen LogP contribution in [0.25, 0.3) is 11.3 Å². The number of carbonyl (C=O) groups is 3. The number of halogens is 6. The largest absolute Gasteiger partial charge is 0.474 e. The van der Waals surface area contributed by atoms with E-state index in [9.17, 15) is 36.3 Å². The molecule has 3 aromatic rings. The Morgan fingerprint density at radius 2 is 1.61 bits per heavy atom. The number of rotatable bonds is 10. The number of amides is 3. The minimum absolute atomic E-state index is 0.0240. The molecule has 0 radical (unpaired) electrons. The number of nitrogens with one attached hydrogen (secondary N) is 2. The van der Waals surface area contributed by atoms with Crippen LogP contribution in [-0.4, -0.2) is 48.4 Å². The van der Waals surface area contributed by atoms with Gasteiger partial charge in [0, 0.05) is 18.7 Å². The van der Waals surface area contributed by atoms with Crippen molar-refractivity contribution in [2.75, 3.05) is 19.7 Å². The smallest absolute Gasteiger partial charge is 0.416 e. The number of alkyl carbamates (subject to hydrolysis) is 2. The molecule has 0 bridgehead atoms. The van der Waals surface area contributed by atoms with E-state index in [-0.39, 0.29) is 34.9 Å². The quantitative estimate of drug-likeness (QED) is 0.176. The van der Waals surface area contributed by atoms with E-state index in [1.54, 1.807) is 20.8 Å². The van der Waals surface area contributed by atoms with Crippen molar-refractivity contribution in [2.45, 2.75) is 38.7 Å². The molecule has 238 valence electrons. The van der Waals surface area contributed by atoms with Crippen LogP contribution >= 0.6 is 15.9 Å². The molecule has 1 atom stereocenters. The molecule has 44 heavy (non-hydrogen) atoms. The summed E-state index contributed by atoms with van der Waals surface area (Å²) < 4.78 is 89.1. The highest BCUT2D eigenvalue weighted by atomic mass is 79.9. The maximum Gasteiger partial charge on any atom is 0.416 e. The average Bonchev–Trinajstić information content (AvgIpc) is 3.30. The fraction of sp³-hybridized carbons (Fsp3) is 0.333. The fourth-order valence-corrected chi connectivity index (χ4v) is 3.94. The summed E-state index contributed by atoms with van der Waals surface area (Å²) in [6, 6.07) is 5.50. The molecule has 11 nitrogen and oxygen atoms in total. The van der Waals surface area contributed by atoms with Gasteiger partial charge in [-0.15, -0.1) is 0 Å². The zero-order chi connectivity index (χ0) is 32.8. The lowest BCUT2D eigenvalue weighted by atomic mass is 10.1. The number of hydrogen-bond donors (Lipinski definition) is 3. The Morgan fingerprint density at radius 3 is 2.18 bits per heavy atom. The van der Waals surface area contributed by atoms with E-state index < -0.39 is 71.1 Å². The van der Waals surface area contributed by atoms with E-state index in [4.69, 9.17) is 24.4 Å². The molecule has 0 aliphatic carbocycles. The highest BCUT2D eigenvalue weighted by Gasteiger charge is 2.31. The number of hydrogen-bond acceptors (Lipinski definition) is 8. The maximum atomic E-state index is 14.9. The van der Waals surface area contributed by atoms with Crippen LogP contribution in [0.4, 0.5) is 31.5 Å². The Hall–Kier alpha value is -4.41. The summed E-state index contributed by atoms with van der Waals surface area (Å²) in [4.78, 5) is 39.8. The van der Waals surface area contributed by atoms with Gasteiger partial charge in [0.05, 0.1) is 5.56 Å². The summed E-state index contributed by atoms with van der Waals surface area (Å²) in [7, 11) is 0. The first-order valence-electron chi connectivity index (χ1n) is 12.6. The van der Waals surface area contributed by atoms with Gasteiger partial charge in [0.25, 0.3) is 5.91 Å². The second-order valence-corrected chi connectivity index (χ2v) is 10.6. The molecule has 0 aliphatic rings. The number of nitrogens with two attached hydrogens (primary N) is 1. The monoisotopic (exact) mass is 692 g/mol. The average molecular weight is 693 g/mol. The Kier molecular flexibility index (Phi) is 10.8. The van der Waals surface area contributed by atoms with Gasteiger partial charge >= 0.3 is 18.4 Å². The zero-order valence-electron chi connectivity index (χ0n) is 23.3. The van der Waals surface area contributed by atoms with Gasteiger partial charge in [-0.1, -0.05) is 12.1 Å². The predicted octanol–water partition coefficient (Wildman–Crippen LogP) is 5.87. The standard InChI is InChI=1S/C27H26BrF5N4O7/c1-26(2,3)44-25(40)36-11-10-35-24(39)41-12-17(42-16-9-8-15(29)18(19(16)30)22(34)38)23-37-20(21(28)43-23)13-4-6-14(7-5-13)27(31,32)33/h4-9,17H,10-12H2,1-3H3,(H2,34,38)(H,35,39)(H,36,40). The normalized spacial score (nSPS) is 12.3. The summed E-state index contributed by atoms with van der Waals surface area (Å²) in [6.07, 6.45) is -7.82. The van der Waals surface area contributed by atoms with E-state index in [1.807, 2.05) is 0 Å². The molecule has 0 saturated carbocycles. The van der Waals surface area contributed by atoms with E-state index >= 15 is 0 Å². The molecule has 3 amide bonds. The second kappa shape index (κ2) is 13.9. The Labute approximate surface area is 255 Å². The molecule has 0 spiro atoms. The lowest BCUT2D eigenvalue weighted by molar-refractivity contribution is -0.137. The number of ether oxygens (including phenoxy) is 3. The topological polar surface area (TPSA) is 155 Å². The van der Waals surface area contributed by atoms with Crippen molar-refractivity contribution < 1.29 is 55.0 Å². The van der Waals surface area contributed by atoms with Gasteiger partial charge in [-0.25, -0.2) is 23.4 Å². The highest BCUT2D eigenvalue weighted by Crippen LogP contribution is 2.36. The minimum atomic E-state index is -4.57. The summed E-state index contributed by atoms with van der Waals surface area (Å²) in [5.41, 5.74) is 2.56. The van der Waals surface area contributed by atoms with Crippen LogP contribution in [0.1, 0.15) is 48.7 Å². The Bertz CT molecular complexity index is 1510. The van der Waals surface area contributed by atoms with Crippen molar-refractivity contribution >= 4 is 34.0 Å². The molecule has 3 rings (SSSR count). The van der Waals surface area contributed by atoms with Crippen molar-refractivity contribution in [3.8, 4) is 17.0 Å². The first-order chi connectivity index (χ1) is 20.5. The molecule has 1 heterocycles. The van der Waals surface area contributed by atoms with Crippen LogP contribution in [0, 0.1) is 11.6 Å². The number of alkyl halides is 3. The predicted molar refractivity (Wildman–Crippen MR) is 146 cm³/mol. The van der Waals surface area contributed by atoms with Gasteiger partial charge in [0.2, 0.25) is 12.0 Å². The lowest BCUT2D eigenvalue weighted by Crippen LogP contribution is -2.38. The van der Waals surface area contributed by atoms with Gasteiger partial charge in [-0.2, -0.15) is 13.2 Å². The molecule has 1 aromatic heterocycles. The SMILES string of the molecule is CC(C)(C)OC(=O)NCCNC(=O)OCC(Oc1ccc(F)c(C(N)=O)c1F)c1nc(-c2ccc(C(F)(F)F)cc2)c(Br)o1. The Morgan fingerprint density at radius 1 is 1.00 bits per heavy atom. The van der Waals surface area contributed by atoms with Crippen molar-refractivity contribution in [2.24, 2.45) is 5.73 Å². The summed E-state index contributed by atoms with van der Waals surface area (Å²) in [5, 5.41) is 4.77. The fourth-order valence-electron chi connectivity index (χ4n) is 3.45. The van der Waals surface area contributed by atoms with Gasteiger partial charge in [0.1, 0.15) is 29.3 Å². The third-order valence-corrected chi connectivity index (χ3v) is 5.90. The molecular formula is C27H26BrF5N4O7. The molecule has 0 fully saturated rings. The van der Waals surface area contributed by atoms with Crippen molar-refractivity contribution in [3.63, 3.8) is 0 Å². The minimum Gasteiger partial charge on any atom is -0.474 e. The highest BCUT2D eigenvalue weighted by molar-refractivity contribution is 9.10. The zero-order valence-corrected chi connectivity index (χ0v) is 24.9. The van der Waals surface area contributed by atoms with Gasteiger partial charge in [0.15, 0.2) is 16.2 Å². The van der Waals surface area contributed by atoms with Crippen LogP contribution in [0.3, 0.4) is 0 Å². The van der Waals surface area contributed by atoms with Gasteiger partial charge in [-0.05, 0) is 61.0 Å². The maximum absolute atomic E-state index is 14.9. The van der Waals surface area contributed by atoms with Crippen LogP contribution < -0.4 is 21.1 Å². The summed E-state index contributed by atoms with van der Waals surface area (Å²) in [6.45, 7) is 4.22. The summed E-state index contributed by atoms with van der Waals surface area (Å²) in [5.74, 6) is -5.13. The third-order valence-electron chi connectivity index (χ3n) is 5.36. The molecule has 1 unspecified atom stereocenters. The van der Waals surface area contributed by atoms with Gasteiger partial charge < -0.3 is 35.0 Å². The van der Waals surface area contributed by atoms with E-state index in [0.29, 0.717) is 0 Å². The van der Waals surface area contributed by atoms with Crippen molar-refractivity contribution in [1.82, 2.24) is 15.6 Å². The molecule has 2 aromatic carbocycles. The van der Waals surface area contributed by atoms with E-state index in [1.165, 1.54) is 0 Å². The molecule has 0 saturated heterocycles. The van der Waals surface area contributed by atoms with Crippen molar-refractivity contribution in [3.05, 3.63) is 69.7 Å². The summed E-state index contributed by atoms with van der Waals surface area (Å²) >= 11 is 3.12. The van der Waals surface area contributed by atoms with Crippen LogP contribution in [0.15, 0.2) is 45.5 Å². The molecular weight excluding hydrogens is 667 g/mol. The number of benzene rings is 2. The number of carbonyl (C=O) groups excluding carboxylic acids is 3. The molecule has 0 aliphatic heterocycles. The van der Waals surface area contributed by atoms with Crippen molar-refractivity contribution in [1.29, 1.82) is 0 Å². The number of aromatic nitrogens is 1. The lowest BCUT2D eigenvalue weighted by Gasteiger charge is -2.20. The van der Waals surface area contributed by atoms with Crippen LogP contribution in [-0.2, 0) is 15.7 Å². The van der Waals surface area contributed by atoms with Gasteiger partial charge in [-0.3, -0.25) is 4.79 Å². The molecule has 4 N–H and O–H groups in total. The van der Waals surface area contributed by atoms with Crippen LogP contribution in [0.5, 0.6) is 5.75 Å². The number of oxazole rings is 1. The van der Waals surface area contributed by atoms with Crippen LogP contribution in [0.2, 0.25) is 0 Å². The molecule has 17 heteroatoms.